The van der Waals surface area contributed by atoms with Crippen molar-refractivity contribution in [1.29, 1.82) is 0 Å². The first-order valence-electron chi connectivity index (χ1n) is 23.2. The fraction of sp³-hybridized carbons (Fsp3) is 0.388. The minimum atomic E-state index is -4.94. The number of benzene rings is 3. The topological polar surface area (TPSA) is 311 Å². The number of fused-ring (bicyclic) bond motifs is 3. The number of carbonyl (C=O) groups is 3. The monoisotopic (exact) mass is 1150 g/mol. The van der Waals surface area contributed by atoms with Crippen LogP contribution in [0, 0.1) is 11.3 Å². The number of ether oxygens (including phenoxy) is 1. The van der Waals surface area contributed by atoms with Gasteiger partial charge < -0.3 is 33.2 Å². The van der Waals surface area contributed by atoms with Gasteiger partial charge in [-0.1, -0.05) is 32.1 Å². The van der Waals surface area contributed by atoms with E-state index in [2.05, 4.69) is 5.32 Å². The molecule has 76 heavy (non-hydrogen) atoms. The molecule has 0 aromatic heterocycles. The molecule has 2 unspecified atom stereocenters. The zero-order valence-electron chi connectivity index (χ0n) is 42.9. The van der Waals surface area contributed by atoms with Crippen LogP contribution < -0.4 is 104 Å². The third-order valence-electron chi connectivity index (χ3n) is 14.8. The van der Waals surface area contributed by atoms with Crippen molar-refractivity contribution in [3.05, 3.63) is 124 Å². The van der Waals surface area contributed by atoms with Gasteiger partial charge in [0.05, 0.1) is 42.2 Å². The van der Waals surface area contributed by atoms with E-state index >= 15 is 0 Å². The van der Waals surface area contributed by atoms with Gasteiger partial charge in [0.25, 0.3) is 11.8 Å². The maximum Gasteiger partial charge on any atom is 1.00 e. The number of rotatable bonds is 17. The minimum Gasteiger partial charge on any atom is -0.748 e. The number of amides is 3. The van der Waals surface area contributed by atoms with Gasteiger partial charge in [-0.15, -0.1) is 0 Å². The van der Waals surface area contributed by atoms with E-state index in [-0.39, 0.29) is 133 Å². The van der Waals surface area contributed by atoms with Gasteiger partial charge in [-0.25, -0.2) is 33.7 Å². The van der Waals surface area contributed by atoms with Gasteiger partial charge in [0, 0.05) is 77.8 Å². The standard InChI is InChI=1S/C49H52N4O16S4.3Na/c1-47(2)36-26-32(72(63,64)65)11-14-39(36)51(21-23-70(57,58)59)44(47)35-25-30-8-13-34(35)46(69-31-9-5-29(6-10-31)7-16-41(54)50-19-20-53-42(55)17-18-43(53)56)49(30)28-38(49)45-48(3,4)37-27-33(73(66,67)68)12-15-40(37)52(45)22-24-71(60,61)62;;;/h5-6,9-12,14-15,17-18,25-27,30H,7-8,13,16,19-24,28H2,1-4H3,(H4-,50,54,57,58,59,60,61,62,63,64,65,66,67,68);;;/q;3*+1/p-3. The molecule has 1 N–H and O–H groups in total. The Hall–Kier alpha value is -2.86. The van der Waals surface area contributed by atoms with E-state index in [1.807, 2.05) is 6.08 Å². The third-order valence-corrected chi connectivity index (χ3v) is 17.8. The number of imide groups is 1. The summed E-state index contributed by atoms with van der Waals surface area (Å²) in [7, 11) is -19.4. The normalized spacial score (nSPS) is 22.0. The predicted molar refractivity (Wildman–Crippen MR) is 257 cm³/mol. The Kier molecular flexibility index (Phi) is 18.2. The molecule has 3 amide bonds. The van der Waals surface area contributed by atoms with Crippen LogP contribution >= 0.6 is 0 Å². The molecular formula is C49H49N4Na3O16S4. The van der Waals surface area contributed by atoms with E-state index in [9.17, 15) is 66.3 Å². The van der Waals surface area contributed by atoms with Gasteiger partial charge in [-0.05, 0) is 105 Å². The fourth-order valence-corrected chi connectivity index (χ4v) is 13.2. The number of hydrogen-bond donors (Lipinski definition) is 1. The molecule has 3 aliphatic heterocycles. The Morgan fingerprint density at radius 2 is 1.34 bits per heavy atom. The summed E-state index contributed by atoms with van der Waals surface area (Å²) in [5.41, 5.74) is 2.42. The molecule has 1 fully saturated rings. The number of hydrogen-bond acceptors (Lipinski definition) is 17. The first-order valence-corrected chi connectivity index (χ1v) is 29.2. The second kappa shape index (κ2) is 22.2. The van der Waals surface area contributed by atoms with E-state index in [0.717, 1.165) is 40.3 Å². The molecule has 27 heteroatoms. The summed E-state index contributed by atoms with van der Waals surface area (Å²) in [5, 5.41) is 2.72. The molecule has 2 bridgehead atoms. The number of anilines is 1. The van der Waals surface area contributed by atoms with Crippen LogP contribution in [0.3, 0.4) is 0 Å². The minimum absolute atomic E-state index is 0. The van der Waals surface area contributed by atoms with Crippen molar-refractivity contribution in [1.82, 2.24) is 10.2 Å². The number of nitrogens with zero attached hydrogens (tertiary/aromatic N) is 3. The fourth-order valence-electron chi connectivity index (χ4n) is 11.4. The second-order valence-corrected chi connectivity index (χ2v) is 25.8. The van der Waals surface area contributed by atoms with Crippen molar-refractivity contribution in [2.75, 3.05) is 42.6 Å². The Morgan fingerprint density at radius 3 is 1.93 bits per heavy atom. The summed E-state index contributed by atoms with van der Waals surface area (Å²) in [6.45, 7) is 6.66. The Balaban J connectivity index is 0.00000312. The molecule has 10 rings (SSSR count). The first-order chi connectivity index (χ1) is 33.9. The molecule has 1 saturated carbocycles. The first kappa shape index (κ1) is 62.3. The van der Waals surface area contributed by atoms with Gasteiger partial charge in [0.15, 0.2) is 12.3 Å². The molecule has 4 aliphatic carbocycles. The number of carbonyl (C=O) groups excluding carboxylic acids is 3. The molecule has 0 radical (unpaired) electrons. The van der Waals surface area contributed by atoms with Crippen LogP contribution in [0.5, 0.6) is 5.75 Å². The van der Waals surface area contributed by atoms with E-state index < -0.39 is 89.8 Å². The molecule has 2 atom stereocenters. The molecule has 1 spiro atoms. The van der Waals surface area contributed by atoms with Crippen LogP contribution in [0.15, 0.2) is 117 Å². The van der Waals surface area contributed by atoms with Crippen LogP contribution in [0.1, 0.15) is 70.1 Å². The summed E-state index contributed by atoms with van der Waals surface area (Å²) in [4.78, 5) is 38.2. The van der Waals surface area contributed by atoms with E-state index in [1.165, 1.54) is 24.3 Å². The molecule has 0 saturated heterocycles. The van der Waals surface area contributed by atoms with Crippen molar-refractivity contribution >= 4 is 75.3 Å². The molecule has 20 nitrogen and oxygen atoms in total. The largest absolute Gasteiger partial charge is 1.00 e. The van der Waals surface area contributed by atoms with Gasteiger partial charge in [0.2, 0.25) is 11.6 Å². The molecule has 3 aromatic carbocycles. The summed E-state index contributed by atoms with van der Waals surface area (Å²) < 4.78 is 156. The molecule has 388 valence electrons. The molecule has 7 aliphatic rings. The number of nitrogens with one attached hydrogen (secondary N) is 1. The van der Waals surface area contributed by atoms with Gasteiger partial charge in [-0.2, -0.15) is 4.58 Å². The van der Waals surface area contributed by atoms with Crippen molar-refractivity contribution in [3.8, 4) is 5.75 Å². The average Bonchev–Trinajstić information content (AvgIpc) is 3.76. The van der Waals surface area contributed by atoms with Crippen LogP contribution in [-0.4, -0.2) is 122 Å². The maximum absolute atomic E-state index is 12.8. The number of aryl methyl sites for hydroxylation is 1. The van der Waals surface area contributed by atoms with Crippen molar-refractivity contribution < 1.29 is 164 Å². The van der Waals surface area contributed by atoms with E-state index in [0.29, 0.717) is 82.2 Å². The average molecular weight is 1150 g/mol. The summed E-state index contributed by atoms with van der Waals surface area (Å²) in [5.74, 6) is -2.38. The Labute approximate surface area is 508 Å². The van der Waals surface area contributed by atoms with Gasteiger partial charge in [0.1, 0.15) is 41.9 Å². The molecular weight excluding hydrogens is 1100 g/mol. The predicted octanol–water partition coefficient (Wildman–Crippen LogP) is -5.93. The van der Waals surface area contributed by atoms with Crippen molar-refractivity contribution in [2.24, 2.45) is 11.3 Å². The Morgan fingerprint density at radius 1 is 0.750 bits per heavy atom. The van der Waals surface area contributed by atoms with E-state index in [1.54, 1.807) is 61.4 Å². The van der Waals surface area contributed by atoms with Crippen LogP contribution in [0.25, 0.3) is 0 Å². The van der Waals surface area contributed by atoms with Crippen molar-refractivity contribution in [2.45, 2.75) is 80.4 Å². The zero-order chi connectivity index (χ0) is 53.0. The van der Waals surface area contributed by atoms with Crippen LogP contribution in [0.4, 0.5) is 11.4 Å². The number of allylic oxidation sites excluding steroid dienone is 5. The zero-order valence-corrected chi connectivity index (χ0v) is 52.1. The summed E-state index contributed by atoms with van der Waals surface area (Å²) >= 11 is 0. The van der Waals surface area contributed by atoms with Crippen molar-refractivity contribution in [3.63, 3.8) is 0 Å². The maximum atomic E-state index is 12.8. The Bertz CT molecular complexity index is 3580. The summed E-state index contributed by atoms with van der Waals surface area (Å²) in [6, 6.07) is 14.6. The van der Waals surface area contributed by atoms with Gasteiger partial charge in [-0.3, -0.25) is 19.3 Å². The van der Waals surface area contributed by atoms with Crippen LogP contribution in [-0.2, 0) is 72.1 Å². The molecule has 3 heterocycles. The SMILES string of the molecule is CC1(C)C(=C2CC23C(Oc2ccc(CCC(=O)NCCN4C(=O)C=CC4=O)cc2)=C2CCC3C=C2C2=[N+](CCS(=O)(=O)[O-])c3ccc(S(=O)(=O)[O-])cc3C2(C)C)N(CCS(=O)(=O)[O-])c2ccc(S(=O)(=O)[O-])cc21.[Na+].[Na+].[Na+]. The molecule has 3 aromatic rings. The quantitative estimate of drug-likeness (QED) is 0.0569. The van der Waals surface area contributed by atoms with Gasteiger partial charge >= 0.3 is 88.7 Å². The smallest absolute Gasteiger partial charge is 0.748 e. The second-order valence-electron chi connectivity index (χ2n) is 20.0. The van der Waals surface area contributed by atoms with Crippen LogP contribution in [0.2, 0.25) is 0 Å². The summed E-state index contributed by atoms with van der Waals surface area (Å²) in [6.07, 6.45) is 6.06. The third kappa shape index (κ3) is 11.9. The van der Waals surface area contributed by atoms with E-state index in [4.69, 9.17) is 4.74 Å².